The molecule has 4 heteroatoms. The van der Waals surface area contributed by atoms with Crippen molar-refractivity contribution in [2.45, 2.75) is 38.8 Å². The number of nitrogens with zero attached hydrogens (tertiary/aromatic N) is 1. The minimum atomic E-state index is -0.754. The maximum atomic E-state index is 10.8. The first kappa shape index (κ1) is 13.2. The number of aliphatic carboxylic acids is 1. The maximum absolute atomic E-state index is 10.8. The van der Waals surface area contributed by atoms with Gasteiger partial charge in [0.1, 0.15) is 0 Å². The van der Waals surface area contributed by atoms with Gasteiger partial charge in [0, 0.05) is 16.5 Å². The Morgan fingerprint density at radius 3 is 2.69 bits per heavy atom. The Morgan fingerprint density at radius 2 is 2.25 bits per heavy atom. The Bertz CT molecular complexity index is 346. The molecular formula is C12H19NO2S. The quantitative estimate of drug-likeness (QED) is 0.861. The fourth-order valence-corrected chi connectivity index (χ4v) is 2.57. The van der Waals surface area contributed by atoms with Gasteiger partial charge in [-0.05, 0) is 39.3 Å². The molecule has 1 N–H and O–H groups in total. The highest BCUT2D eigenvalue weighted by atomic mass is 32.1. The molecule has 0 aromatic carbocycles. The normalized spacial score (nSPS) is 14.1. The number of thiophene rings is 1. The van der Waals surface area contributed by atoms with Crippen LogP contribution in [0.25, 0.3) is 0 Å². The Hall–Kier alpha value is -0.870. The number of hydrogen-bond donors (Lipinski definition) is 1. The molecule has 16 heavy (non-hydrogen) atoms. The fourth-order valence-electron chi connectivity index (χ4n) is 1.74. The molecule has 1 unspecified atom stereocenters. The SMILES string of the molecule is CC(c1cccs1)N(C)C(C)(C)CC(=O)O. The van der Waals surface area contributed by atoms with Gasteiger partial charge in [0.25, 0.3) is 0 Å². The van der Waals surface area contributed by atoms with Crippen molar-refractivity contribution in [1.29, 1.82) is 0 Å². The fraction of sp³-hybridized carbons (Fsp3) is 0.583. The van der Waals surface area contributed by atoms with Crippen molar-refractivity contribution in [3.63, 3.8) is 0 Å². The van der Waals surface area contributed by atoms with E-state index in [1.807, 2.05) is 32.3 Å². The summed E-state index contributed by atoms with van der Waals surface area (Å²) in [6.07, 6.45) is 0.152. The number of hydrogen-bond acceptors (Lipinski definition) is 3. The summed E-state index contributed by atoms with van der Waals surface area (Å²) in [5.74, 6) is -0.754. The Morgan fingerprint density at radius 1 is 1.62 bits per heavy atom. The summed E-state index contributed by atoms with van der Waals surface area (Å²) in [4.78, 5) is 14.2. The van der Waals surface area contributed by atoms with Gasteiger partial charge in [-0.25, -0.2) is 0 Å². The first-order chi connectivity index (χ1) is 7.34. The van der Waals surface area contributed by atoms with Crippen LogP contribution in [0.3, 0.4) is 0 Å². The van der Waals surface area contributed by atoms with Crippen LogP contribution >= 0.6 is 11.3 Å². The van der Waals surface area contributed by atoms with E-state index in [9.17, 15) is 4.79 Å². The van der Waals surface area contributed by atoms with Crippen molar-refractivity contribution in [3.05, 3.63) is 22.4 Å². The number of carboxylic acids is 1. The standard InChI is InChI=1S/C12H19NO2S/c1-9(10-6-5-7-16-10)13(4)12(2,3)8-11(14)15/h5-7,9H,8H2,1-4H3,(H,14,15). The summed E-state index contributed by atoms with van der Waals surface area (Å²) in [7, 11) is 1.98. The molecule has 0 saturated heterocycles. The van der Waals surface area contributed by atoms with Crippen molar-refractivity contribution in [2.24, 2.45) is 0 Å². The average Bonchev–Trinajstić information content (AvgIpc) is 2.66. The van der Waals surface area contributed by atoms with Gasteiger partial charge in [0.05, 0.1) is 6.42 Å². The number of carboxylic acid groups (broad SMARTS) is 1. The van der Waals surface area contributed by atoms with E-state index in [0.717, 1.165) is 0 Å². The zero-order chi connectivity index (χ0) is 12.3. The van der Waals surface area contributed by atoms with Crippen LogP contribution in [0.2, 0.25) is 0 Å². The molecule has 90 valence electrons. The lowest BCUT2D eigenvalue weighted by Gasteiger charge is -2.38. The molecule has 0 saturated carbocycles. The average molecular weight is 241 g/mol. The summed E-state index contributed by atoms with van der Waals surface area (Å²) < 4.78 is 0. The van der Waals surface area contributed by atoms with Gasteiger partial charge >= 0.3 is 5.97 Å². The van der Waals surface area contributed by atoms with E-state index in [1.54, 1.807) is 11.3 Å². The van der Waals surface area contributed by atoms with Gasteiger partial charge in [-0.2, -0.15) is 0 Å². The van der Waals surface area contributed by atoms with Crippen LogP contribution in [0.5, 0.6) is 0 Å². The van der Waals surface area contributed by atoms with Gasteiger partial charge in [-0.15, -0.1) is 11.3 Å². The molecule has 3 nitrogen and oxygen atoms in total. The van der Waals surface area contributed by atoms with E-state index in [0.29, 0.717) is 0 Å². The van der Waals surface area contributed by atoms with E-state index in [4.69, 9.17) is 5.11 Å². The first-order valence-corrected chi connectivity index (χ1v) is 6.20. The minimum Gasteiger partial charge on any atom is -0.481 e. The second kappa shape index (κ2) is 4.97. The van der Waals surface area contributed by atoms with Crippen LogP contribution < -0.4 is 0 Å². The van der Waals surface area contributed by atoms with E-state index in [1.165, 1.54) is 4.88 Å². The molecule has 1 aromatic rings. The summed E-state index contributed by atoms with van der Waals surface area (Å²) in [5.41, 5.74) is -0.338. The van der Waals surface area contributed by atoms with E-state index >= 15 is 0 Å². The topological polar surface area (TPSA) is 40.5 Å². The van der Waals surface area contributed by atoms with Crippen LogP contribution in [0, 0.1) is 0 Å². The maximum Gasteiger partial charge on any atom is 0.305 e. The van der Waals surface area contributed by atoms with Gasteiger partial charge in [0.2, 0.25) is 0 Å². The lowest BCUT2D eigenvalue weighted by Crippen LogP contribution is -2.43. The van der Waals surface area contributed by atoms with Crippen LogP contribution in [0.15, 0.2) is 17.5 Å². The van der Waals surface area contributed by atoms with E-state index in [2.05, 4.69) is 17.9 Å². The second-order valence-electron chi connectivity index (χ2n) is 4.69. The van der Waals surface area contributed by atoms with Gasteiger partial charge in [-0.1, -0.05) is 6.07 Å². The summed E-state index contributed by atoms with van der Waals surface area (Å²) in [5, 5.41) is 10.9. The largest absolute Gasteiger partial charge is 0.481 e. The predicted octanol–water partition coefficient (Wildman–Crippen LogP) is 2.99. The molecule has 0 fully saturated rings. The van der Waals surface area contributed by atoms with Gasteiger partial charge < -0.3 is 5.11 Å². The molecule has 1 aromatic heterocycles. The highest BCUT2D eigenvalue weighted by Crippen LogP contribution is 2.30. The Balaban J connectivity index is 2.76. The molecule has 0 aliphatic heterocycles. The Labute approximate surface area is 101 Å². The molecule has 0 amide bonds. The van der Waals surface area contributed by atoms with Crippen LogP contribution in [-0.2, 0) is 4.79 Å². The third-order valence-electron chi connectivity index (χ3n) is 3.07. The highest BCUT2D eigenvalue weighted by molar-refractivity contribution is 7.10. The van der Waals surface area contributed by atoms with Crippen LogP contribution in [0.1, 0.15) is 38.1 Å². The van der Waals surface area contributed by atoms with Crippen molar-refractivity contribution in [3.8, 4) is 0 Å². The molecule has 0 aliphatic carbocycles. The second-order valence-corrected chi connectivity index (χ2v) is 5.66. The Kier molecular flexibility index (Phi) is 4.10. The zero-order valence-corrected chi connectivity index (χ0v) is 11.0. The number of carbonyl (C=O) groups is 1. The summed E-state index contributed by atoms with van der Waals surface area (Å²) >= 11 is 1.71. The van der Waals surface area contributed by atoms with Gasteiger partial charge in [0.15, 0.2) is 0 Å². The molecule has 0 spiro atoms. The molecule has 1 heterocycles. The monoisotopic (exact) mass is 241 g/mol. The zero-order valence-electron chi connectivity index (χ0n) is 10.2. The van der Waals surface area contributed by atoms with E-state index in [-0.39, 0.29) is 18.0 Å². The van der Waals surface area contributed by atoms with Crippen LogP contribution in [-0.4, -0.2) is 28.6 Å². The summed E-state index contributed by atoms with van der Waals surface area (Å²) in [6, 6.07) is 4.35. The molecule has 1 rings (SSSR count). The lowest BCUT2D eigenvalue weighted by molar-refractivity contribution is -0.140. The van der Waals surface area contributed by atoms with Crippen molar-refractivity contribution in [1.82, 2.24) is 4.90 Å². The highest BCUT2D eigenvalue weighted by Gasteiger charge is 2.30. The summed E-state index contributed by atoms with van der Waals surface area (Å²) in [6.45, 7) is 6.03. The molecular weight excluding hydrogens is 222 g/mol. The molecule has 0 aliphatic rings. The van der Waals surface area contributed by atoms with Crippen molar-refractivity contribution >= 4 is 17.3 Å². The number of rotatable bonds is 5. The lowest BCUT2D eigenvalue weighted by atomic mass is 9.96. The van der Waals surface area contributed by atoms with E-state index < -0.39 is 5.97 Å². The minimum absolute atomic E-state index is 0.152. The predicted molar refractivity (Wildman–Crippen MR) is 66.8 cm³/mol. The molecule has 0 bridgehead atoms. The third-order valence-corrected chi connectivity index (χ3v) is 4.12. The van der Waals surface area contributed by atoms with Crippen LogP contribution in [0.4, 0.5) is 0 Å². The first-order valence-electron chi connectivity index (χ1n) is 5.33. The van der Waals surface area contributed by atoms with Crippen molar-refractivity contribution in [2.75, 3.05) is 7.05 Å². The third kappa shape index (κ3) is 3.06. The molecule has 1 atom stereocenters. The van der Waals surface area contributed by atoms with Crippen molar-refractivity contribution < 1.29 is 9.90 Å². The van der Waals surface area contributed by atoms with Gasteiger partial charge in [-0.3, -0.25) is 9.69 Å². The smallest absolute Gasteiger partial charge is 0.305 e. The molecule has 0 radical (unpaired) electrons.